The molecule has 6 atom stereocenters. The van der Waals surface area contributed by atoms with Gasteiger partial charge in [-0.1, -0.05) is 146 Å². The Balaban J connectivity index is 1.06. The molecule has 2 amide bonds. The van der Waals surface area contributed by atoms with E-state index < -0.39 is 24.3 Å². The number of urea groups is 1. The molecular weight excluding hydrogens is 739 g/mol. The van der Waals surface area contributed by atoms with Gasteiger partial charge in [-0.15, -0.1) is 0 Å². The van der Waals surface area contributed by atoms with E-state index in [1.165, 1.54) is 23.4 Å². The van der Waals surface area contributed by atoms with Crippen LogP contribution in [0, 0.1) is 5.92 Å². The summed E-state index contributed by atoms with van der Waals surface area (Å²) in [6.07, 6.45) is -0.680. The van der Waals surface area contributed by atoms with Gasteiger partial charge in [0.2, 0.25) is 0 Å². The summed E-state index contributed by atoms with van der Waals surface area (Å²) in [6, 6.07) is 47.6. The molecule has 6 aromatic carbocycles. The lowest BCUT2D eigenvalue weighted by Crippen LogP contribution is -2.47. The van der Waals surface area contributed by atoms with Crippen LogP contribution in [0.5, 0.6) is 0 Å². The maximum Gasteiger partial charge on any atom is 0.328 e. The Hall–Kier alpha value is -5.84. The van der Waals surface area contributed by atoms with Gasteiger partial charge in [-0.25, -0.2) is 9.59 Å². The second-order valence-corrected chi connectivity index (χ2v) is 15.4. The van der Waals surface area contributed by atoms with Gasteiger partial charge in [0.15, 0.2) is 6.29 Å². The van der Waals surface area contributed by atoms with E-state index in [1.807, 2.05) is 91.0 Å². The minimum absolute atomic E-state index is 0.0173. The Bertz CT molecular complexity index is 2320. The van der Waals surface area contributed by atoms with Crippen LogP contribution in [0.2, 0.25) is 0 Å². The molecule has 6 aromatic rings. The third kappa shape index (κ3) is 10.1. The SMILES string of the molecule is COC(=O)[C@H](Cc1ccccc1)NC(=O)NCc1ccccc1-c1ccc([C@H]2O[C@@H](CN(C)[C@H](C)c3ccc4ccccc4c3)[C@@H](C)[C@@H](c3ccc(CO)cc3)O2)cc1. The fourth-order valence-electron chi connectivity index (χ4n) is 7.84. The van der Waals surface area contributed by atoms with Crippen molar-refractivity contribution in [1.29, 1.82) is 0 Å². The maximum absolute atomic E-state index is 13.1. The topological polar surface area (TPSA) is 109 Å². The van der Waals surface area contributed by atoms with Crippen molar-refractivity contribution in [1.82, 2.24) is 15.5 Å². The molecular formula is C50H53N3O6. The van der Waals surface area contributed by atoms with Gasteiger partial charge in [-0.2, -0.15) is 0 Å². The fraction of sp³-hybridized carbons (Fsp3) is 0.280. The summed E-state index contributed by atoms with van der Waals surface area (Å²) in [5, 5.41) is 17.9. The highest BCUT2D eigenvalue weighted by atomic mass is 16.7. The van der Waals surface area contributed by atoms with Gasteiger partial charge < -0.3 is 30.0 Å². The maximum atomic E-state index is 13.1. The van der Waals surface area contributed by atoms with Crippen molar-refractivity contribution in [3.63, 3.8) is 0 Å². The molecule has 0 unspecified atom stereocenters. The van der Waals surface area contributed by atoms with Crippen molar-refractivity contribution >= 4 is 22.8 Å². The smallest absolute Gasteiger partial charge is 0.328 e. The van der Waals surface area contributed by atoms with Gasteiger partial charge in [0.05, 0.1) is 25.9 Å². The summed E-state index contributed by atoms with van der Waals surface area (Å²) in [5.74, 6) is -0.473. The van der Waals surface area contributed by atoms with Crippen molar-refractivity contribution in [2.24, 2.45) is 5.92 Å². The van der Waals surface area contributed by atoms with Crippen LogP contribution in [0.3, 0.4) is 0 Å². The molecule has 9 heteroatoms. The first kappa shape index (κ1) is 41.3. The number of methoxy groups -OCH3 is 1. The first-order chi connectivity index (χ1) is 28.7. The largest absolute Gasteiger partial charge is 0.467 e. The molecule has 0 aliphatic carbocycles. The summed E-state index contributed by atoms with van der Waals surface area (Å²) in [6.45, 7) is 5.35. The van der Waals surface area contributed by atoms with Gasteiger partial charge in [0.1, 0.15) is 6.04 Å². The molecule has 3 N–H and O–H groups in total. The number of fused-ring (bicyclic) bond motifs is 1. The Kier molecular flexibility index (Phi) is 13.5. The molecule has 304 valence electrons. The number of likely N-dealkylation sites (N-methyl/N-ethyl adjacent to an activating group) is 1. The van der Waals surface area contributed by atoms with E-state index in [9.17, 15) is 14.7 Å². The number of esters is 1. The van der Waals surface area contributed by atoms with Crippen molar-refractivity contribution in [2.75, 3.05) is 20.7 Å². The summed E-state index contributed by atoms with van der Waals surface area (Å²) >= 11 is 0. The van der Waals surface area contributed by atoms with Crippen LogP contribution in [0.15, 0.2) is 146 Å². The minimum Gasteiger partial charge on any atom is -0.467 e. The molecule has 0 bridgehead atoms. The van der Waals surface area contributed by atoms with Gasteiger partial charge in [0, 0.05) is 37.0 Å². The van der Waals surface area contributed by atoms with E-state index in [0.717, 1.165) is 38.9 Å². The quantitative estimate of drug-likeness (QED) is 0.0945. The first-order valence-corrected chi connectivity index (χ1v) is 20.2. The normalized spacial score (nSPS) is 18.9. The number of aliphatic hydroxyl groups excluding tert-OH is 1. The molecule has 7 rings (SSSR count). The Morgan fingerprint density at radius 3 is 2.19 bits per heavy atom. The zero-order valence-electron chi connectivity index (χ0n) is 34.1. The zero-order valence-corrected chi connectivity index (χ0v) is 34.1. The highest BCUT2D eigenvalue weighted by molar-refractivity contribution is 5.84. The lowest BCUT2D eigenvalue weighted by atomic mass is 9.89. The minimum atomic E-state index is -0.829. The number of ether oxygens (including phenoxy) is 3. The van der Waals surface area contributed by atoms with Crippen LogP contribution >= 0.6 is 0 Å². The van der Waals surface area contributed by atoms with Crippen molar-refractivity contribution < 1.29 is 28.9 Å². The highest BCUT2D eigenvalue weighted by Crippen LogP contribution is 2.42. The lowest BCUT2D eigenvalue weighted by molar-refractivity contribution is -0.276. The van der Waals surface area contributed by atoms with E-state index in [-0.39, 0.29) is 37.3 Å². The average molecular weight is 792 g/mol. The number of rotatable bonds is 14. The van der Waals surface area contributed by atoms with E-state index in [0.29, 0.717) is 13.0 Å². The lowest BCUT2D eigenvalue weighted by Gasteiger charge is -2.43. The summed E-state index contributed by atoms with van der Waals surface area (Å²) in [7, 11) is 3.47. The van der Waals surface area contributed by atoms with Crippen LogP contribution in [0.25, 0.3) is 21.9 Å². The van der Waals surface area contributed by atoms with E-state index in [2.05, 4.69) is 91.0 Å². The average Bonchev–Trinajstić information content (AvgIpc) is 3.28. The van der Waals surface area contributed by atoms with Crippen LogP contribution in [-0.4, -0.2) is 54.9 Å². The molecule has 1 fully saturated rings. The number of nitrogens with zero attached hydrogens (tertiary/aromatic N) is 1. The molecule has 1 aliphatic rings. The highest BCUT2D eigenvalue weighted by Gasteiger charge is 2.39. The van der Waals surface area contributed by atoms with E-state index in [1.54, 1.807) is 0 Å². The van der Waals surface area contributed by atoms with Crippen LogP contribution < -0.4 is 10.6 Å². The third-order valence-corrected chi connectivity index (χ3v) is 11.5. The number of nitrogens with one attached hydrogen (secondary N) is 2. The van der Waals surface area contributed by atoms with Gasteiger partial charge in [-0.05, 0) is 69.8 Å². The molecule has 0 spiro atoms. The Morgan fingerprint density at radius 2 is 1.46 bits per heavy atom. The van der Waals surface area contributed by atoms with Gasteiger partial charge in [0.25, 0.3) is 0 Å². The molecule has 0 aromatic heterocycles. The summed E-state index contributed by atoms with van der Waals surface area (Å²) in [5.41, 5.74) is 7.82. The fourth-order valence-corrected chi connectivity index (χ4v) is 7.84. The zero-order chi connectivity index (χ0) is 41.3. The predicted molar refractivity (Wildman–Crippen MR) is 231 cm³/mol. The Morgan fingerprint density at radius 1 is 0.780 bits per heavy atom. The number of carbonyl (C=O) groups is 2. The third-order valence-electron chi connectivity index (χ3n) is 11.5. The first-order valence-electron chi connectivity index (χ1n) is 20.2. The number of hydrogen-bond donors (Lipinski definition) is 3. The van der Waals surface area contributed by atoms with Crippen molar-refractivity contribution in [2.45, 2.75) is 64.0 Å². The standard InChI is InChI=1S/C50H53N3O6/c1-33-46(31-53(3)34(2)41-27-22-37-14-8-9-15-42(37)29-41)58-49(59-47(33)39-20-18-36(32-54)19-21-39)40-25-23-38(24-26-40)44-17-11-10-16-43(44)30-51-50(56)52-45(48(55)57-4)28-35-12-6-5-7-13-35/h5-27,29,33-34,45-47,49,54H,28,30-32H2,1-4H3,(H2,51,52,56)/t33-,34-,45+,46+,47+,49+/m1/s1. The number of benzene rings is 6. The predicted octanol–water partition coefficient (Wildman–Crippen LogP) is 9.07. The summed E-state index contributed by atoms with van der Waals surface area (Å²) < 4.78 is 18.6. The second kappa shape index (κ2) is 19.3. The van der Waals surface area contributed by atoms with Crippen LogP contribution in [0.4, 0.5) is 4.79 Å². The van der Waals surface area contributed by atoms with E-state index in [4.69, 9.17) is 14.2 Å². The Labute approximate surface area is 346 Å². The number of aliphatic hydroxyl groups is 1. The van der Waals surface area contributed by atoms with Crippen molar-refractivity contribution in [3.8, 4) is 11.1 Å². The van der Waals surface area contributed by atoms with Gasteiger partial charge in [-0.3, -0.25) is 4.90 Å². The second-order valence-electron chi connectivity index (χ2n) is 15.4. The molecule has 1 saturated heterocycles. The molecule has 0 saturated carbocycles. The van der Waals surface area contributed by atoms with Gasteiger partial charge >= 0.3 is 12.0 Å². The van der Waals surface area contributed by atoms with Crippen LogP contribution in [-0.2, 0) is 38.6 Å². The summed E-state index contributed by atoms with van der Waals surface area (Å²) in [4.78, 5) is 27.9. The van der Waals surface area contributed by atoms with Crippen LogP contribution in [0.1, 0.15) is 65.7 Å². The molecule has 9 nitrogen and oxygen atoms in total. The molecule has 0 radical (unpaired) electrons. The number of hydrogen-bond acceptors (Lipinski definition) is 7. The van der Waals surface area contributed by atoms with E-state index >= 15 is 0 Å². The van der Waals surface area contributed by atoms with Crippen molar-refractivity contribution in [3.05, 3.63) is 179 Å². The number of carbonyl (C=O) groups excluding carboxylic acids is 2. The molecule has 59 heavy (non-hydrogen) atoms. The molecule has 1 aliphatic heterocycles. The number of amides is 2. The monoisotopic (exact) mass is 791 g/mol. The molecule has 1 heterocycles.